The van der Waals surface area contributed by atoms with Crippen molar-refractivity contribution in [1.82, 2.24) is 5.43 Å². The second-order valence-corrected chi connectivity index (χ2v) is 2.18. The van der Waals surface area contributed by atoms with Gasteiger partial charge in [-0.25, -0.2) is 0 Å². The van der Waals surface area contributed by atoms with E-state index in [9.17, 15) is 0 Å². The van der Waals surface area contributed by atoms with Gasteiger partial charge in [-0.05, 0) is 13.3 Å². The summed E-state index contributed by atoms with van der Waals surface area (Å²) in [5, 5.41) is 15.9. The number of nitrogens with zero attached hydrogens (tertiary/aromatic N) is 2. The van der Waals surface area contributed by atoms with E-state index in [1.54, 1.807) is 7.05 Å². The number of nitrogens with one attached hydrogen (secondary N) is 1. The molecule has 0 saturated heterocycles. The Kier molecular flexibility index (Phi) is 5.37. The summed E-state index contributed by atoms with van der Waals surface area (Å²) in [5.74, 6) is 0. The SMILES string of the molecule is CC/C(C)=C(\CO)NN=NC. The highest BCUT2D eigenvalue weighted by molar-refractivity contribution is 5.08. The lowest BCUT2D eigenvalue weighted by Crippen LogP contribution is -2.10. The topological polar surface area (TPSA) is 57.0 Å². The predicted octanol–water partition coefficient (Wildman–Crippen LogP) is 1.25. The van der Waals surface area contributed by atoms with E-state index in [1.165, 1.54) is 0 Å². The molecular weight excluding hydrogens is 142 g/mol. The van der Waals surface area contributed by atoms with Crippen LogP contribution in [0.25, 0.3) is 0 Å². The van der Waals surface area contributed by atoms with Crippen LogP contribution in [0, 0.1) is 0 Å². The third kappa shape index (κ3) is 3.72. The quantitative estimate of drug-likeness (QED) is 0.476. The normalized spacial score (nSPS) is 13.5. The van der Waals surface area contributed by atoms with Crippen LogP contribution in [0.5, 0.6) is 0 Å². The summed E-state index contributed by atoms with van der Waals surface area (Å²) in [6.45, 7) is 3.96. The first-order valence-electron chi connectivity index (χ1n) is 3.60. The first-order chi connectivity index (χ1) is 5.26. The molecule has 64 valence electrons. The molecule has 4 heteroatoms. The van der Waals surface area contributed by atoms with Gasteiger partial charge in [-0.15, -0.1) is 0 Å². The van der Waals surface area contributed by atoms with Crippen LogP contribution in [-0.4, -0.2) is 18.8 Å². The molecule has 0 aromatic heterocycles. The lowest BCUT2D eigenvalue weighted by atomic mass is 10.2. The maximum absolute atomic E-state index is 8.83. The molecule has 4 nitrogen and oxygen atoms in total. The molecule has 0 atom stereocenters. The van der Waals surface area contributed by atoms with Crippen molar-refractivity contribution in [3.63, 3.8) is 0 Å². The Bertz CT molecular complexity index is 163. The third-order valence-electron chi connectivity index (χ3n) is 1.49. The summed E-state index contributed by atoms with van der Waals surface area (Å²) in [5.41, 5.74) is 4.49. The first-order valence-corrected chi connectivity index (χ1v) is 3.60. The van der Waals surface area contributed by atoms with Gasteiger partial charge in [0.25, 0.3) is 0 Å². The van der Waals surface area contributed by atoms with Crippen LogP contribution in [0.1, 0.15) is 20.3 Å². The van der Waals surface area contributed by atoms with Crippen molar-refractivity contribution in [1.29, 1.82) is 0 Å². The van der Waals surface area contributed by atoms with E-state index in [0.29, 0.717) is 0 Å². The van der Waals surface area contributed by atoms with Crippen molar-refractivity contribution in [3.05, 3.63) is 11.3 Å². The zero-order valence-corrected chi connectivity index (χ0v) is 7.26. The molecule has 0 aliphatic rings. The van der Waals surface area contributed by atoms with Crippen LogP contribution in [-0.2, 0) is 0 Å². The summed E-state index contributed by atoms with van der Waals surface area (Å²) < 4.78 is 0. The minimum Gasteiger partial charge on any atom is -0.390 e. The van der Waals surface area contributed by atoms with Crippen LogP contribution in [0.15, 0.2) is 21.6 Å². The molecule has 0 bridgehead atoms. The number of aliphatic hydroxyl groups is 1. The lowest BCUT2D eigenvalue weighted by Gasteiger charge is -2.05. The van der Waals surface area contributed by atoms with E-state index in [2.05, 4.69) is 15.8 Å². The maximum Gasteiger partial charge on any atom is 0.0846 e. The molecule has 0 radical (unpaired) electrons. The Morgan fingerprint density at radius 1 is 1.55 bits per heavy atom. The molecular formula is C7H15N3O. The molecule has 0 fully saturated rings. The number of aliphatic hydroxyl groups excluding tert-OH is 1. The highest BCUT2D eigenvalue weighted by Crippen LogP contribution is 2.03. The molecule has 0 aromatic carbocycles. The smallest absolute Gasteiger partial charge is 0.0846 e. The Balaban J connectivity index is 4.14. The van der Waals surface area contributed by atoms with Crippen LogP contribution in [0.3, 0.4) is 0 Å². The van der Waals surface area contributed by atoms with Gasteiger partial charge in [-0.3, -0.25) is 5.43 Å². The predicted molar refractivity (Wildman–Crippen MR) is 44.0 cm³/mol. The highest BCUT2D eigenvalue weighted by Gasteiger charge is 1.96. The zero-order valence-electron chi connectivity index (χ0n) is 7.26. The molecule has 0 aliphatic heterocycles. The Hall–Kier alpha value is -0.900. The van der Waals surface area contributed by atoms with Gasteiger partial charge in [0.2, 0.25) is 0 Å². The van der Waals surface area contributed by atoms with Crippen molar-refractivity contribution in [3.8, 4) is 0 Å². The number of rotatable bonds is 4. The minimum atomic E-state index is -0.0152. The van der Waals surface area contributed by atoms with E-state index in [-0.39, 0.29) is 6.61 Å². The van der Waals surface area contributed by atoms with Crippen LogP contribution >= 0.6 is 0 Å². The molecule has 2 N–H and O–H groups in total. The van der Waals surface area contributed by atoms with Crippen molar-refractivity contribution < 1.29 is 5.11 Å². The average Bonchev–Trinajstić information content (AvgIpc) is 2.05. The van der Waals surface area contributed by atoms with Crippen molar-refractivity contribution in [2.45, 2.75) is 20.3 Å². The number of allylic oxidation sites excluding steroid dienone is 1. The highest BCUT2D eigenvalue weighted by atomic mass is 16.3. The van der Waals surface area contributed by atoms with E-state index in [0.717, 1.165) is 17.7 Å². The summed E-state index contributed by atoms with van der Waals surface area (Å²) >= 11 is 0. The molecule has 0 aromatic rings. The summed E-state index contributed by atoms with van der Waals surface area (Å²) in [7, 11) is 1.57. The van der Waals surface area contributed by atoms with E-state index in [1.807, 2.05) is 13.8 Å². The molecule has 0 heterocycles. The van der Waals surface area contributed by atoms with Gasteiger partial charge >= 0.3 is 0 Å². The van der Waals surface area contributed by atoms with Gasteiger partial charge in [0, 0.05) is 0 Å². The summed E-state index contributed by atoms with van der Waals surface area (Å²) in [6.07, 6.45) is 0.905. The van der Waals surface area contributed by atoms with E-state index in [4.69, 9.17) is 5.11 Å². The van der Waals surface area contributed by atoms with Crippen molar-refractivity contribution in [2.24, 2.45) is 10.3 Å². The minimum absolute atomic E-state index is 0.0152. The second kappa shape index (κ2) is 5.85. The summed E-state index contributed by atoms with van der Waals surface area (Å²) in [6, 6.07) is 0. The van der Waals surface area contributed by atoms with Gasteiger partial charge < -0.3 is 5.11 Å². The van der Waals surface area contributed by atoms with Crippen molar-refractivity contribution in [2.75, 3.05) is 13.7 Å². The first kappa shape index (κ1) is 10.1. The number of hydrogen-bond donors (Lipinski definition) is 2. The van der Waals surface area contributed by atoms with Gasteiger partial charge in [-0.1, -0.05) is 17.7 Å². The van der Waals surface area contributed by atoms with Gasteiger partial charge in [0.1, 0.15) is 0 Å². The summed E-state index contributed by atoms with van der Waals surface area (Å²) in [4.78, 5) is 0. The maximum atomic E-state index is 8.83. The van der Waals surface area contributed by atoms with Crippen LogP contribution < -0.4 is 5.43 Å². The fraction of sp³-hybridized carbons (Fsp3) is 0.714. The third-order valence-corrected chi connectivity index (χ3v) is 1.49. The van der Waals surface area contributed by atoms with E-state index >= 15 is 0 Å². The molecule has 0 saturated carbocycles. The molecule has 0 amide bonds. The average molecular weight is 157 g/mol. The number of hydrogen-bond acceptors (Lipinski definition) is 3. The van der Waals surface area contributed by atoms with Crippen molar-refractivity contribution >= 4 is 0 Å². The largest absolute Gasteiger partial charge is 0.390 e. The second-order valence-electron chi connectivity index (χ2n) is 2.18. The fourth-order valence-corrected chi connectivity index (χ4v) is 0.589. The van der Waals surface area contributed by atoms with Gasteiger partial charge in [0.05, 0.1) is 19.4 Å². The van der Waals surface area contributed by atoms with Gasteiger partial charge in [0.15, 0.2) is 0 Å². The molecule has 0 aliphatic carbocycles. The lowest BCUT2D eigenvalue weighted by molar-refractivity contribution is 0.319. The molecule has 0 spiro atoms. The van der Waals surface area contributed by atoms with Gasteiger partial charge in [-0.2, -0.15) is 5.11 Å². The Morgan fingerprint density at radius 3 is 2.55 bits per heavy atom. The Labute approximate surface area is 67.0 Å². The van der Waals surface area contributed by atoms with E-state index < -0.39 is 0 Å². The molecule has 0 unspecified atom stereocenters. The molecule has 0 rings (SSSR count). The zero-order chi connectivity index (χ0) is 8.69. The monoisotopic (exact) mass is 157 g/mol. The molecule has 11 heavy (non-hydrogen) atoms. The Morgan fingerprint density at radius 2 is 2.18 bits per heavy atom. The van der Waals surface area contributed by atoms with Crippen LogP contribution in [0.2, 0.25) is 0 Å². The standard InChI is InChI=1S/C7H15N3O/c1-4-6(2)7(5-11)9-10-8-3/h11H,4-5H2,1-3H3,(H,8,9)/b7-6+. The fourth-order valence-electron chi connectivity index (χ4n) is 0.589. The van der Waals surface area contributed by atoms with Crippen LogP contribution in [0.4, 0.5) is 0 Å².